The van der Waals surface area contributed by atoms with Crippen molar-refractivity contribution in [2.75, 3.05) is 13.1 Å². The van der Waals surface area contributed by atoms with Crippen molar-refractivity contribution in [3.63, 3.8) is 0 Å². The molecular formula is C17H25NO. The van der Waals surface area contributed by atoms with Gasteiger partial charge in [0, 0.05) is 18.6 Å². The first-order valence-electron chi connectivity index (χ1n) is 9.89. The molecule has 2 fully saturated rings. The minimum Gasteiger partial charge on any atom is -0.393 e. The molecule has 0 radical (unpaired) electrons. The molecule has 1 N–H and O–H groups in total. The number of benzene rings is 1. The van der Waals surface area contributed by atoms with Crippen molar-refractivity contribution < 1.29 is 12.0 Å². The van der Waals surface area contributed by atoms with Crippen LogP contribution in [0.2, 0.25) is 0 Å². The maximum Gasteiger partial charge on any atom is 0.0626 e. The quantitative estimate of drug-likeness (QED) is 0.886. The first-order chi connectivity index (χ1) is 11.4. The van der Waals surface area contributed by atoms with Crippen molar-refractivity contribution in [3.8, 4) is 0 Å². The van der Waals surface area contributed by atoms with Gasteiger partial charge in [-0.3, -0.25) is 4.90 Å². The molecule has 0 bridgehead atoms. The van der Waals surface area contributed by atoms with Crippen LogP contribution in [0, 0.1) is 0 Å². The smallest absolute Gasteiger partial charge is 0.0626 e. The molecule has 19 heavy (non-hydrogen) atoms. The molecular weight excluding hydrogens is 234 g/mol. The molecule has 0 aromatic heterocycles. The Balaban J connectivity index is 2.14. The number of hydrogen-bond acceptors (Lipinski definition) is 2. The zero-order chi connectivity index (χ0) is 17.5. The van der Waals surface area contributed by atoms with Crippen molar-refractivity contribution in [1.82, 2.24) is 4.90 Å². The molecule has 1 aromatic rings. The van der Waals surface area contributed by atoms with Gasteiger partial charge in [0.2, 0.25) is 0 Å². The fourth-order valence-corrected chi connectivity index (χ4v) is 3.64. The van der Waals surface area contributed by atoms with E-state index in [-0.39, 0.29) is 36.3 Å². The summed E-state index contributed by atoms with van der Waals surface area (Å²) < 4.78 is 40.7. The molecule has 0 atom stereocenters. The average Bonchev–Trinajstić information content (AvgIpc) is 2.60. The van der Waals surface area contributed by atoms with Crippen molar-refractivity contribution in [3.05, 3.63) is 35.8 Å². The second-order valence-electron chi connectivity index (χ2n) is 5.81. The number of rotatable bonds is 2. The Hall–Kier alpha value is -0.860. The standard InChI is InChI=1S/C17H25NO/c19-16-9-13-18(14-10-16)17(11-5-2-6-12-17)15-7-3-1-4-8-15/h1,3-4,7-8,16,19H,2,5-6,9-14H2/i1D,3D,4D,7D,8D. The highest BCUT2D eigenvalue weighted by molar-refractivity contribution is 5.25. The van der Waals surface area contributed by atoms with Crippen LogP contribution in [0.3, 0.4) is 0 Å². The van der Waals surface area contributed by atoms with Gasteiger partial charge in [0.25, 0.3) is 0 Å². The maximum absolute atomic E-state index is 9.83. The Kier molecular flexibility index (Phi) is 2.50. The lowest BCUT2D eigenvalue weighted by atomic mass is 9.74. The van der Waals surface area contributed by atoms with Crippen LogP contribution in [0.25, 0.3) is 0 Å². The van der Waals surface area contributed by atoms with E-state index in [1.54, 1.807) is 0 Å². The molecule has 1 heterocycles. The summed E-state index contributed by atoms with van der Waals surface area (Å²) in [5.74, 6) is 0. The Morgan fingerprint density at radius 1 is 1.05 bits per heavy atom. The Morgan fingerprint density at radius 2 is 1.68 bits per heavy atom. The molecule has 0 unspecified atom stereocenters. The Labute approximate surface area is 123 Å². The lowest BCUT2D eigenvalue weighted by Crippen LogP contribution is -2.51. The number of likely N-dealkylation sites (tertiary alicyclic amines) is 1. The van der Waals surface area contributed by atoms with E-state index in [1.807, 2.05) is 0 Å². The first-order valence-corrected chi connectivity index (χ1v) is 7.39. The summed E-state index contributed by atoms with van der Waals surface area (Å²) in [6.45, 7) is 1.42. The molecule has 2 nitrogen and oxygen atoms in total. The van der Waals surface area contributed by atoms with Crippen LogP contribution in [0.15, 0.2) is 30.2 Å². The zero-order valence-electron chi connectivity index (χ0n) is 16.3. The summed E-state index contributed by atoms with van der Waals surface area (Å²) in [5.41, 5.74) is -0.0316. The van der Waals surface area contributed by atoms with E-state index >= 15 is 0 Å². The van der Waals surface area contributed by atoms with Gasteiger partial charge >= 0.3 is 0 Å². The zero-order valence-corrected chi connectivity index (χ0v) is 11.3. The third kappa shape index (κ3) is 2.56. The topological polar surface area (TPSA) is 23.5 Å². The summed E-state index contributed by atoms with van der Waals surface area (Å²) in [6.07, 6.45) is 5.83. The van der Waals surface area contributed by atoms with Crippen LogP contribution in [-0.2, 0) is 5.54 Å². The third-order valence-electron chi connectivity index (χ3n) is 4.72. The number of aliphatic hydroxyl groups is 1. The summed E-state index contributed by atoms with van der Waals surface area (Å²) in [7, 11) is 0. The molecule has 2 aliphatic rings. The predicted octanol–water partition coefficient (Wildman–Crippen LogP) is 3.30. The lowest BCUT2D eigenvalue weighted by Gasteiger charge is -2.49. The minimum absolute atomic E-state index is 0.0611. The molecule has 1 aliphatic heterocycles. The highest BCUT2D eigenvalue weighted by atomic mass is 16.3. The second kappa shape index (κ2) is 5.64. The van der Waals surface area contributed by atoms with Crippen molar-refractivity contribution >= 4 is 0 Å². The van der Waals surface area contributed by atoms with Crippen molar-refractivity contribution in [2.45, 2.75) is 56.6 Å². The highest BCUT2D eigenvalue weighted by Crippen LogP contribution is 2.43. The summed E-state index contributed by atoms with van der Waals surface area (Å²) in [5, 5.41) is 9.83. The number of nitrogens with zero attached hydrogens (tertiary/aromatic N) is 1. The van der Waals surface area contributed by atoms with Gasteiger partial charge in [-0.05, 0) is 31.2 Å². The number of aliphatic hydroxyl groups excluding tert-OH is 1. The Morgan fingerprint density at radius 3 is 2.32 bits per heavy atom. The van der Waals surface area contributed by atoms with E-state index in [1.165, 1.54) is 0 Å². The van der Waals surface area contributed by atoms with Gasteiger partial charge in [-0.25, -0.2) is 0 Å². The number of hydrogen-bond donors (Lipinski definition) is 1. The van der Waals surface area contributed by atoms with Gasteiger partial charge in [-0.2, -0.15) is 0 Å². The normalized spacial score (nSPS) is 29.0. The molecule has 1 aromatic carbocycles. The van der Waals surface area contributed by atoms with E-state index < -0.39 is 5.54 Å². The molecule has 2 heteroatoms. The summed E-state index contributed by atoms with van der Waals surface area (Å²) in [6, 6.07) is -0.933. The van der Waals surface area contributed by atoms with E-state index in [0.29, 0.717) is 31.5 Å². The molecule has 1 saturated carbocycles. The van der Waals surface area contributed by atoms with Gasteiger partial charge in [-0.15, -0.1) is 0 Å². The fourth-order valence-electron chi connectivity index (χ4n) is 3.64. The van der Waals surface area contributed by atoms with E-state index in [4.69, 9.17) is 6.85 Å². The molecule has 0 spiro atoms. The monoisotopic (exact) mass is 264 g/mol. The second-order valence-corrected chi connectivity index (χ2v) is 5.81. The van der Waals surface area contributed by atoms with Gasteiger partial charge in [0.05, 0.1) is 13.0 Å². The minimum atomic E-state index is -0.494. The summed E-state index contributed by atoms with van der Waals surface area (Å²) in [4.78, 5) is 2.27. The van der Waals surface area contributed by atoms with E-state index in [0.717, 1.165) is 32.1 Å². The lowest BCUT2D eigenvalue weighted by molar-refractivity contribution is -0.00777. The summed E-state index contributed by atoms with van der Waals surface area (Å²) >= 11 is 0. The average molecular weight is 264 g/mol. The maximum atomic E-state index is 9.83. The highest BCUT2D eigenvalue weighted by Gasteiger charge is 2.40. The van der Waals surface area contributed by atoms with Gasteiger partial charge in [0.1, 0.15) is 0 Å². The van der Waals surface area contributed by atoms with Crippen LogP contribution in [0.1, 0.15) is 57.4 Å². The largest absolute Gasteiger partial charge is 0.393 e. The molecule has 3 rings (SSSR count). The van der Waals surface area contributed by atoms with Gasteiger partial charge in [0.15, 0.2) is 0 Å². The number of piperidine rings is 1. The van der Waals surface area contributed by atoms with Crippen LogP contribution >= 0.6 is 0 Å². The molecule has 0 amide bonds. The third-order valence-corrected chi connectivity index (χ3v) is 4.72. The molecule has 104 valence electrons. The van der Waals surface area contributed by atoms with Gasteiger partial charge in [-0.1, -0.05) is 49.5 Å². The van der Waals surface area contributed by atoms with Crippen LogP contribution in [0.5, 0.6) is 0 Å². The van der Waals surface area contributed by atoms with Crippen molar-refractivity contribution in [1.29, 1.82) is 0 Å². The Bertz CT molecular complexity index is 593. The van der Waals surface area contributed by atoms with Crippen LogP contribution in [-0.4, -0.2) is 29.2 Å². The predicted molar refractivity (Wildman–Crippen MR) is 78.0 cm³/mol. The van der Waals surface area contributed by atoms with E-state index in [2.05, 4.69) is 4.90 Å². The SMILES string of the molecule is [2H]c1c([2H])c([2H])c(C2(N3CCC(O)CC3)CCCCC2)c([2H])c1[2H]. The van der Waals surface area contributed by atoms with Gasteiger partial charge < -0.3 is 5.11 Å². The first kappa shape index (κ1) is 8.43. The van der Waals surface area contributed by atoms with Crippen LogP contribution in [0.4, 0.5) is 0 Å². The molecule has 1 saturated heterocycles. The van der Waals surface area contributed by atoms with Crippen LogP contribution < -0.4 is 0 Å². The van der Waals surface area contributed by atoms with Crippen molar-refractivity contribution in [2.24, 2.45) is 0 Å². The molecule has 1 aliphatic carbocycles. The van der Waals surface area contributed by atoms with E-state index in [9.17, 15) is 5.11 Å². The fraction of sp³-hybridized carbons (Fsp3) is 0.647.